The molecule has 0 saturated carbocycles. The minimum atomic E-state index is -3.67. The van der Waals surface area contributed by atoms with Gasteiger partial charge in [-0.15, -0.1) is 0 Å². The predicted octanol–water partition coefficient (Wildman–Crippen LogP) is 3.04. The Hall–Kier alpha value is -1.57. The Morgan fingerprint density at radius 2 is 1.65 bits per heavy atom. The lowest BCUT2D eigenvalue weighted by molar-refractivity contribution is 0.410. The monoisotopic (exact) mass is 337 g/mol. The van der Waals surface area contributed by atoms with Gasteiger partial charge in [-0.2, -0.15) is 0 Å². The average molecular weight is 338 g/mol. The quantitative estimate of drug-likeness (QED) is 0.799. The van der Waals surface area contributed by atoms with Crippen LogP contribution in [0.1, 0.15) is 0 Å². The highest BCUT2D eigenvalue weighted by molar-refractivity contribution is 7.92. The standard InChI is InChI=1S/C11H9Cl2NO5S/c1-20(17,18)14-11-9(16)8(15)10(19-11)5-2-6(12)4-7(13)3-5/h2-4,14-16H,1H3. The summed E-state index contributed by atoms with van der Waals surface area (Å²) < 4.78 is 29.3. The first-order chi connectivity index (χ1) is 9.17. The Kier molecular flexibility index (Phi) is 3.77. The second kappa shape index (κ2) is 5.08. The van der Waals surface area contributed by atoms with E-state index < -0.39 is 27.4 Å². The number of nitrogens with one attached hydrogen (secondary N) is 1. The number of anilines is 1. The summed E-state index contributed by atoms with van der Waals surface area (Å²) >= 11 is 11.6. The molecule has 1 heterocycles. The Bertz CT molecular complexity index is 749. The van der Waals surface area contributed by atoms with Gasteiger partial charge in [0.05, 0.1) is 6.26 Å². The van der Waals surface area contributed by atoms with Crippen LogP contribution in [0, 0.1) is 0 Å². The van der Waals surface area contributed by atoms with Gasteiger partial charge in [0.15, 0.2) is 5.76 Å². The fraction of sp³-hybridized carbons (Fsp3) is 0.0909. The third-order valence-electron chi connectivity index (χ3n) is 2.26. The van der Waals surface area contributed by atoms with Crippen LogP contribution in [0.15, 0.2) is 22.6 Å². The molecule has 0 unspecified atom stereocenters. The molecule has 0 bridgehead atoms. The highest BCUT2D eigenvalue weighted by Gasteiger charge is 2.23. The highest BCUT2D eigenvalue weighted by Crippen LogP contribution is 2.46. The number of hydrogen-bond acceptors (Lipinski definition) is 5. The maximum Gasteiger partial charge on any atom is 0.253 e. The Labute approximate surface area is 124 Å². The van der Waals surface area contributed by atoms with Gasteiger partial charge >= 0.3 is 0 Å². The van der Waals surface area contributed by atoms with Crippen molar-refractivity contribution in [3.63, 3.8) is 0 Å². The minimum Gasteiger partial charge on any atom is -0.502 e. The van der Waals surface area contributed by atoms with Crippen molar-refractivity contribution in [3.8, 4) is 22.8 Å². The van der Waals surface area contributed by atoms with E-state index in [-0.39, 0.29) is 11.3 Å². The smallest absolute Gasteiger partial charge is 0.253 e. The van der Waals surface area contributed by atoms with Crippen molar-refractivity contribution in [2.75, 3.05) is 11.0 Å². The molecule has 1 aromatic carbocycles. The first-order valence-corrected chi connectivity index (χ1v) is 7.81. The van der Waals surface area contributed by atoms with Crippen LogP contribution < -0.4 is 4.72 Å². The Balaban J connectivity index is 2.56. The fourth-order valence-electron chi connectivity index (χ4n) is 1.53. The van der Waals surface area contributed by atoms with E-state index in [0.717, 1.165) is 6.26 Å². The number of halogens is 2. The van der Waals surface area contributed by atoms with Crippen molar-refractivity contribution in [2.24, 2.45) is 0 Å². The SMILES string of the molecule is CS(=O)(=O)Nc1oc(-c2cc(Cl)cc(Cl)c2)c(O)c1O. The fourth-order valence-corrected chi connectivity index (χ4v) is 2.53. The molecule has 2 rings (SSSR count). The summed E-state index contributed by atoms with van der Waals surface area (Å²) in [5, 5.41) is 20.0. The van der Waals surface area contributed by atoms with E-state index in [4.69, 9.17) is 27.6 Å². The second-order valence-electron chi connectivity index (χ2n) is 3.99. The summed E-state index contributed by atoms with van der Waals surface area (Å²) in [6.45, 7) is 0. The summed E-state index contributed by atoms with van der Waals surface area (Å²) in [5.74, 6) is -1.98. The van der Waals surface area contributed by atoms with Crippen molar-refractivity contribution in [1.29, 1.82) is 0 Å². The van der Waals surface area contributed by atoms with Gasteiger partial charge in [0, 0.05) is 15.6 Å². The largest absolute Gasteiger partial charge is 0.502 e. The summed E-state index contributed by atoms with van der Waals surface area (Å²) in [7, 11) is -3.67. The molecule has 0 saturated heterocycles. The molecule has 0 amide bonds. The summed E-state index contributed by atoms with van der Waals surface area (Å²) in [6.07, 6.45) is 0.877. The van der Waals surface area contributed by atoms with Gasteiger partial charge in [0.25, 0.3) is 5.88 Å². The lowest BCUT2D eigenvalue weighted by Crippen LogP contribution is -2.08. The van der Waals surface area contributed by atoms with Gasteiger partial charge in [0.1, 0.15) is 0 Å². The zero-order valence-electron chi connectivity index (χ0n) is 10.0. The highest BCUT2D eigenvalue weighted by atomic mass is 35.5. The number of furan rings is 1. The average Bonchev–Trinajstić information content (AvgIpc) is 2.54. The third kappa shape index (κ3) is 3.12. The van der Waals surface area contributed by atoms with Crippen LogP contribution in [0.5, 0.6) is 11.5 Å². The van der Waals surface area contributed by atoms with Gasteiger partial charge < -0.3 is 14.6 Å². The zero-order valence-corrected chi connectivity index (χ0v) is 12.3. The van der Waals surface area contributed by atoms with Crippen molar-refractivity contribution < 1.29 is 23.0 Å². The first-order valence-electron chi connectivity index (χ1n) is 5.16. The Morgan fingerprint density at radius 1 is 1.10 bits per heavy atom. The van der Waals surface area contributed by atoms with E-state index in [1.54, 1.807) is 0 Å². The van der Waals surface area contributed by atoms with Crippen LogP contribution >= 0.6 is 23.2 Å². The topological polar surface area (TPSA) is 99.8 Å². The molecule has 0 aliphatic heterocycles. The Morgan fingerprint density at radius 3 is 2.15 bits per heavy atom. The van der Waals surface area contributed by atoms with Crippen molar-refractivity contribution in [1.82, 2.24) is 0 Å². The van der Waals surface area contributed by atoms with Crippen LogP contribution in [-0.4, -0.2) is 24.9 Å². The molecular weight excluding hydrogens is 329 g/mol. The molecule has 2 aromatic rings. The van der Waals surface area contributed by atoms with Crippen LogP contribution in [-0.2, 0) is 10.0 Å². The van der Waals surface area contributed by atoms with Crippen molar-refractivity contribution >= 4 is 39.1 Å². The van der Waals surface area contributed by atoms with Gasteiger partial charge in [-0.3, -0.25) is 4.72 Å². The van der Waals surface area contributed by atoms with Crippen LogP contribution in [0.2, 0.25) is 10.0 Å². The van der Waals surface area contributed by atoms with Gasteiger partial charge in [0.2, 0.25) is 21.5 Å². The van der Waals surface area contributed by atoms with Crippen molar-refractivity contribution in [2.45, 2.75) is 0 Å². The van der Waals surface area contributed by atoms with Gasteiger partial charge in [-0.25, -0.2) is 8.42 Å². The summed E-state index contributed by atoms with van der Waals surface area (Å²) in [5.41, 5.74) is 0.289. The maximum atomic E-state index is 11.1. The molecule has 0 radical (unpaired) electrons. The second-order valence-corrected chi connectivity index (χ2v) is 6.61. The van der Waals surface area contributed by atoms with E-state index in [0.29, 0.717) is 10.0 Å². The minimum absolute atomic E-state index is 0.155. The molecule has 0 atom stereocenters. The summed E-state index contributed by atoms with van der Waals surface area (Å²) in [6, 6.07) is 4.35. The molecule has 0 aliphatic rings. The molecule has 108 valence electrons. The zero-order chi connectivity index (χ0) is 15.1. The van der Waals surface area contributed by atoms with Gasteiger partial charge in [-0.05, 0) is 18.2 Å². The van der Waals surface area contributed by atoms with Crippen LogP contribution in [0.4, 0.5) is 5.88 Å². The molecule has 20 heavy (non-hydrogen) atoms. The van der Waals surface area contributed by atoms with Crippen LogP contribution in [0.25, 0.3) is 11.3 Å². The van der Waals surface area contributed by atoms with Crippen LogP contribution in [0.3, 0.4) is 0 Å². The molecule has 9 heteroatoms. The third-order valence-corrected chi connectivity index (χ3v) is 3.25. The molecule has 0 aliphatic carbocycles. The van der Waals surface area contributed by atoms with Crippen molar-refractivity contribution in [3.05, 3.63) is 28.2 Å². The lowest BCUT2D eigenvalue weighted by Gasteiger charge is -2.01. The maximum absolute atomic E-state index is 11.1. The van der Waals surface area contributed by atoms with E-state index >= 15 is 0 Å². The number of benzene rings is 1. The van der Waals surface area contributed by atoms with E-state index in [2.05, 4.69) is 0 Å². The van der Waals surface area contributed by atoms with E-state index in [1.165, 1.54) is 18.2 Å². The molecule has 6 nitrogen and oxygen atoms in total. The normalized spacial score (nSPS) is 11.6. The number of sulfonamides is 1. The number of hydrogen-bond donors (Lipinski definition) is 3. The molecular formula is C11H9Cl2NO5S. The molecule has 0 spiro atoms. The van der Waals surface area contributed by atoms with Gasteiger partial charge in [-0.1, -0.05) is 23.2 Å². The lowest BCUT2D eigenvalue weighted by atomic mass is 10.1. The first kappa shape index (κ1) is 14.8. The molecule has 1 aromatic heterocycles. The number of rotatable bonds is 3. The summed E-state index contributed by atoms with van der Waals surface area (Å²) in [4.78, 5) is 0. The molecule has 0 fully saturated rings. The van der Waals surface area contributed by atoms with E-state index in [9.17, 15) is 18.6 Å². The van der Waals surface area contributed by atoms with E-state index in [1.807, 2.05) is 4.72 Å². The molecule has 3 N–H and O–H groups in total. The predicted molar refractivity (Wildman–Crippen MR) is 76.0 cm³/mol. The number of aromatic hydroxyl groups is 2.